The van der Waals surface area contributed by atoms with Crippen LogP contribution in [0.5, 0.6) is 0 Å². The number of fused-ring (bicyclic) bond motifs is 9. The topological polar surface area (TPSA) is 43.6 Å². The van der Waals surface area contributed by atoms with Crippen molar-refractivity contribution in [3.8, 4) is 51.0 Å². The van der Waals surface area contributed by atoms with E-state index in [1.54, 1.807) is 0 Å². The molecule has 0 unspecified atom stereocenters. The summed E-state index contributed by atoms with van der Waals surface area (Å²) >= 11 is 1.81. The lowest BCUT2D eigenvalue weighted by Crippen LogP contribution is -2.00. The Hall–Kier alpha value is -7.47. The van der Waals surface area contributed by atoms with Crippen molar-refractivity contribution in [3.63, 3.8) is 0 Å². The first-order valence-corrected chi connectivity index (χ1v) is 20.3. The molecule has 3 aromatic heterocycles. The molecule has 0 saturated heterocycles. The molecule has 0 aliphatic carbocycles. The van der Waals surface area contributed by atoms with Gasteiger partial charge >= 0.3 is 0 Å². The van der Waals surface area contributed by atoms with Gasteiger partial charge in [-0.3, -0.25) is 0 Å². The number of hydrogen-bond acceptors (Lipinski definition) is 4. The number of para-hydroxylation sites is 1. The summed E-state index contributed by atoms with van der Waals surface area (Å²) in [5.74, 6) is 1.99. The van der Waals surface area contributed by atoms with Gasteiger partial charge in [0.05, 0.1) is 11.0 Å². The Morgan fingerprint density at radius 1 is 0.362 bits per heavy atom. The lowest BCUT2D eigenvalue weighted by molar-refractivity contribution is 1.08. The number of hydrogen-bond donors (Lipinski definition) is 0. The minimum atomic E-state index is 0.659. The molecule has 12 aromatic rings. The quantitative estimate of drug-likeness (QED) is 0.176. The Morgan fingerprint density at radius 3 is 1.71 bits per heavy atom. The highest BCUT2D eigenvalue weighted by Gasteiger charge is 2.20. The van der Waals surface area contributed by atoms with E-state index in [4.69, 9.17) is 15.0 Å². The third kappa shape index (κ3) is 5.18. The van der Waals surface area contributed by atoms with E-state index in [9.17, 15) is 0 Å². The molecule has 12 rings (SSSR count). The maximum Gasteiger partial charge on any atom is 0.165 e. The fourth-order valence-electron chi connectivity index (χ4n) is 8.75. The predicted octanol–water partition coefficient (Wildman–Crippen LogP) is 14.3. The molecule has 0 fully saturated rings. The molecule has 0 bridgehead atoms. The van der Waals surface area contributed by atoms with Crippen LogP contribution in [0.25, 0.3) is 115 Å². The van der Waals surface area contributed by atoms with E-state index in [-0.39, 0.29) is 0 Å². The van der Waals surface area contributed by atoms with Gasteiger partial charge in [-0.05, 0) is 75.1 Å². The summed E-state index contributed by atoms with van der Waals surface area (Å²) in [7, 11) is 0. The zero-order valence-electron chi connectivity index (χ0n) is 31.2. The molecule has 0 saturated carbocycles. The van der Waals surface area contributed by atoms with Gasteiger partial charge in [-0.15, -0.1) is 11.3 Å². The number of aromatic nitrogens is 4. The molecule has 5 heteroatoms. The molecule has 4 nitrogen and oxygen atoms in total. The van der Waals surface area contributed by atoms with Crippen LogP contribution in [0.4, 0.5) is 0 Å². The van der Waals surface area contributed by atoms with Crippen molar-refractivity contribution >= 4 is 74.9 Å². The Bertz CT molecular complexity index is 3510. The van der Waals surface area contributed by atoms with Crippen molar-refractivity contribution in [2.75, 3.05) is 0 Å². The van der Waals surface area contributed by atoms with Gasteiger partial charge in [0.25, 0.3) is 0 Å². The predicted molar refractivity (Wildman–Crippen MR) is 244 cm³/mol. The molecule has 58 heavy (non-hydrogen) atoms. The number of thiophene rings is 1. The summed E-state index contributed by atoms with van der Waals surface area (Å²) in [6.07, 6.45) is 0. The Kier molecular flexibility index (Phi) is 7.37. The first-order chi connectivity index (χ1) is 28.7. The van der Waals surface area contributed by atoms with E-state index >= 15 is 0 Å². The SMILES string of the molecule is c1ccc(-c2nc(-c3ccccc3)nc(-c3cccc4c3sc3cc(-c5cccc(-n6c7ccccc7c7cc8ccccc8cc76)c5)c5ccccc5c34)n2)cc1. The van der Waals surface area contributed by atoms with Gasteiger partial charge in [0.15, 0.2) is 17.5 Å². The van der Waals surface area contributed by atoms with E-state index in [0.717, 1.165) is 27.1 Å². The van der Waals surface area contributed by atoms with Crippen LogP contribution < -0.4 is 0 Å². The summed E-state index contributed by atoms with van der Waals surface area (Å²) in [6, 6.07) is 69.2. The lowest BCUT2D eigenvalue weighted by Gasteiger charge is -2.13. The molecule has 0 radical (unpaired) electrons. The van der Waals surface area contributed by atoms with Crippen LogP contribution in [-0.2, 0) is 0 Å². The average Bonchev–Trinajstić information content (AvgIpc) is 3.84. The maximum absolute atomic E-state index is 5.12. The molecule has 9 aromatic carbocycles. The second kappa shape index (κ2) is 13.1. The number of benzene rings is 9. The van der Waals surface area contributed by atoms with Crippen LogP contribution >= 0.6 is 11.3 Å². The molecule has 0 aliphatic rings. The Labute approximate surface area is 338 Å². The number of nitrogens with zero attached hydrogens (tertiary/aromatic N) is 4. The van der Waals surface area contributed by atoms with Crippen molar-refractivity contribution in [2.24, 2.45) is 0 Å². The highest BCUT2D eigenvalue weighted by Crippen LogP contribution is 2.46. The van der Waals surface area contributed by atoms with Gasteiger partial charge in [-0.25, -0.2) is 15.0 Å². The van der Waals surface area contributed by atoms with E-state index in [2.05, 4.69) is 162 Å². The molecule has 0 amide bonds. The second-order valence-electron chi connectivity index (χ2n) is 14.8. The average molecular weight is 757 g/mol. The van der Waals surface area contributed by atoms with Gasteiger partial charge in [-0.1, -0.05) is 152 Å². The zero-order chi connectivity index (χ0) is 38.2. The van der Waals surface area contributed by atoms with Crippen LogP contribution in [-0.4, -0.2) is 19.5 Å². The fourth-order valence-corrected chi connectivity index (χ4v) is 10.0. The smallest absolute Gasteiger partial charge is 0.165 e. The summed E-state index contributed by atoms with van der Waals surface area (Å²) in [6.45, 7) is 0. The molecular formula is C53H32N4S. The summed E-state index contributed by atoms with van der Waals surface area (Å²) in [5.41, 5.74) is 8.85. The normalized spacial score (nSPS) is 11.8. The molecule has 0 aliphatic heterocycles. The Morgan fingerprint density at radius 2 is 0.948 bits per heavy atom. The lowest BCUT2D eigenvalue weighted by atomic mass is 9.94. The zero-order valence-corrected chi connectivity index (χ0v) is 32.0. The monoisotopic (exact) mass is 756 g/mol. The summed E-state index contributed by atoms with van der Waals surface area (Å²) in [4.78, 5) is 15.2. The minimum Gasteiger partial charge on any atom is -0.309 e. The van der Waals surface area contributed by atoms with E-state index in [1.165, 1.54) is 70.0 Å². The van der Waals surface area contributed by atoms with Crippen molar-refractivity contribution in [3.05, 3.63) is 194 Å². The van der Waals surface area contributed by atoms with Crippen molar-refractivity contribution in [2.45, 2.75) is 0 Å². The van der Waals surface area contributed by atoms with Crippen molar-refractivity contribution in [1.82, 2.24) is 19.5 Å². The molecule has 0 spiro atoms. The molecule has 270 valence electrons. The molecule has 3 heterocycles. The van der Waals surface area contributed by atoms with Crippen LogP contribution in [0.15, 0.2) is 194 Å². The first-order valence-electron chi connectivity index (χ1n) is 19.5. The fraction of sp³-hybridized carbons (Fsp3) is 0. The number of rotatable bonds is 5. The first kappa shape index (κ1) is 32.7. The standard InChI is InChI=1S/C53H32N4S/c1-3-15-33(16-4-1)51-54-52(34-17-5-2-6-18-34)56-53(55-51)43-27-14-26-42-49-41-25-10-9-23-39(41)44(32-48(49)58-50(42)43)37-21-13-22-38(29-37)57-46-28-12-11-24-40(46)45-30-35-19-7-8-20-36(35)31-47(45)57/h1-32H. The highest BCUT2D eigenvalue weighted by molar-refractivity contribution is 7.26. The Balaban J connectivity index is 1.06. The van der Waals surface area contributed by atoms with Gasteiger partial charge in [0.2, 0.25) is 0 Å². The van der Waals surface area contributed by atoms with E-state index in [0.29, 0.717) is 17.5 Å². The van der Waals surface area contributed by atoms with Gasteiger partial charge in [0, 0.05) is 53.3 Å². The van der Waals surface area contributed by atoms with E-state index in [1.807, 2.05) is 47.7 Å². The van der Waals surface area contributed by atoms with Crippen LogP contribution in [0.2, 0.25) is 0 Å². The van der Waals surface area contributed by atoms with Crippen LogP contribution in [0, 0.1) is 0 Å². The van der Waals surface area contributed by atoms with Crippen LogP contribution in [0.1, 0.15) is 0 Å². The highest BCUT2D eigenvalue weighted by atomic mass is 32.1. The summed E-state index contributed by atoms with van der Waals surface area (Å²) < 4.78 is 4.82. The third-order valence-electron chi connectivity index (χ3n) is 11.4. The van der Waals surface area contributed by atoms with Gasteiger partial charge in [-0.2, -0.15) is 0 Å². The minimum absolute atomic E-state index is 0.659. The molecule has 0 N–H and O–H groups in total. The van der Waals surface area contributed by atoms with Gasteiger partial charge in [0.1, 0.15) is 0 Å². The van der Waals surface area contributed by atoms with Crippen LogP contribution in [0.3, 0.4) is 0 Å². The largest absolute Gasteiger partial charge is 0.309 e. The maximum atomic E-state index is 5.12. The molecular weight excluding hydrogens is 725 g/mol. The van der Waals surface area contributed by atoms with Crippen molar-refractivity contribution < 1.29 is 0 Å². The van der Waals surface area contributed by atoms with E-state index < -0.39 is 0 Å². The van der Waals surface area contributed by atoms with Crippen molar-refractivity contribution in [1.29, 1.82) is 0 Å². The third-order valence-corrected chi connectivity index (χ3v) is 12.6. The second-order valence-corrected chi connectivity index (χ2v) is 15.8. The van der Waals surface area contributed by atoms with Gasteiger partial charge < -0.3 is 4.57 Å². The summed E-state index contributed by atoms with van der Waals surface area (Å²) in [5, 5.41) is 9.93. The molecule has 0 atom stereocenters.